The zero-order chi connectivity index (χ0) is 84.9. The van der Waals surface area contributed by atoms with Gasteiger partial charge in [0.05, 0.1) is 11.4 Å². The molecule has 8 heteroatoms. The van der Waals surface area contributed by atoms with E-state index in [4.69, 9.17) is 8.83 Å². The van der Waals surface area contributed by atoms with Gasteiger partial charge in [-0.3, -0.25) is 0 Å². The SMILES string of the molecule is Cc1ccc2c(c1)B1c3ccc(C)cc3N(c3ccc(C(C)(C)C)cc3-c3ccccc3)c3cc(C(C)(C)C)cc(c31)N2c1ccc(-c2cccc3c2oc2ccc(CC(C)(C)c4ccc(N5c6ccc(C)cc6B6c7ccc(C)cc7N(c7ccc(-c8cccc9c8oc8ccccc89)cc7)c7cc(C(C)(C)C)cc5c76)c(-c5ccccc5)c4)cc23)cc1. The molecule has 6 heterocycles. The summed E-state index contributed by atoms with van der Waals surface area (Å²) in [4.78, 5) is 10.4. The van der Waals surface area contributed by atoms with Crippen molar-refractivity contribution < 1.29 is 8.83 Å². The smallest absolute Gasteiger partial charge is 0.252 e. The van der Waals surface area contributed by atoms with Crippen LogP contribution >= 0.6 is 0 Å². The van der Waals surface area contributed by atoms with Crippen LogP contribution in [0.3, 0.4) is 0 Å². The van der Waals surface area contributed by atoms with Gasteiger partial charge in [0.1, 0.15) is 22.3 Å². The van der Waals surface area contributed by atoms with Gasteiger partial charge >= 0.3 is 0 Å². The van der Waals surface area contributed by atoms with Crippen molar-refractivity contribution in [1.29, 1.82) is 0 Å². The second-order valence-corrected chi connectivity index (χ2v) is 39.3. The first-order chi connectivity index (χ1) is 59.7. The van der Waals surface area contributed by atoms with E-state index in [0.717, 1.165) is 89.6 Å². The van der Waals surface area contributed by atoms with Crippen molar-refractivity contribution in [3.63, 3.8) is 0 Å². The normalized spacial score (nSPS) is 13.5. The predicted octanol–water partition coefficient (Wildman–Crippen LogP) is 28.0. The van der Waals surface area contributed by atoms with E-state index < -0.39 is 0 Å². The molecule has 0 N–H and O–H groups in total. The molecule has 2 aromatic heterocycles. The van der Waals surface area contributed by atoms with Crippen LogP contribution in [0.1, 0.15) is 126 Å². The second-order valence-electron chi connectivity index (χ2n) is 39.3. The minimum absolute atomic E-state index is 0.00692. The number of benzene rings is 16. The Morgan fingerprint density at radius 1 is 0.250 bits per heavy atom. The summed E-state index contributed by atoms with van der Waals surface area (Å²) in [7, 11) is 0. The Kier molecular flexibility index (Phi) is 17.4. The standard InChI is InChI=1S/C116H100B2N4O2/c1-70-38-53-99-95(58-70)118-94-52-37-73(4)61-102(94)122(98-55-45-79(113(5,6)7)63-90(98)75-26-18-16-19-27-75)106-68-81(114(8,9)10)65-103(109(106)118)119(99)83-47-41-78(42-48-83)86-32-25-34-89-92-62-74(40-57-108(92)124-112(86)89)69-116(14,15)80-46-56-97(91(64-80)76-28-20-17-21-29-76)121-100-54-39-71(2)59-96(100)117-93-51-36-72(3)60-101(93)120(104-66-82(115(11,12)13)67-105(121)110(104)117)84-49-43-77(44-50-84)85-31-24-33-88-87-30-22-23-35-107(87)123-111(85)88/h16-68H,69H2,1-15H3. The highest BCUT2D eigenvalue weighted by molar-refractivity contribution is 7.01. The lowest BCUT2D eigenvalue weighted by Crippen LogP contribution is -2.61. The van der Waals surface area contributed by atoms with Crippen molar-refractivity contribution >= 4 is 158 Å². The first-order valence-corrected chi connectivity index (χ1v) is 44.2. The van der Waals surface area contributed by atoms with Gasteiger partial charge < -0.3 is 28.4 Å². The minimum atomic E-state index is -0.304. The van der Waals surface area contributed by atoms with Crippen LogP contribution in [0.5, 0.6) is 0 Å². The van der Waals surface area contributed by atoms with E-state index in [9.17, 15) is 0 Å². The molecule has 0 radical (unpaired) electrons. The largest absolute Gasteiger partial charge is 0.455 e. The molecule has 18 aromatic rings. The highest BCUT2D eigenvalue weighted by Gasteiger charge is 2.48. The van der Waals surface area contributed by atoms with E-state index in [1.807, 2.05) is 6.07 Å². The molecule has 0 unspecified atom stereocenters. The summed E-state index contributed by atoms with van der Waals surface area (Å²) in [6.45, 7) is 34.9. The molecule has 0 bridgehead atoms. The van der Waals surface area contributed by atoms with Crippen LogP contribution < -0.4 is 52.4 Å². The van der Waals surface area contributed by atoms with Gasteiger partial charge in [-0.25, -0.2) is 0 Å². The van der Waals surface area contributed by atoms with Gasteiger partial charge in [-0.2, -0.15) is 0 Å². The summed E-state index contributed by atoms with van der Waals surface area (Å²) in [6, 6.07) is 122. The van der Waals surface area contributed by atoms with Crippen LogP contribution in [0.15, 0.2) is 330 Å². The molecule has 0 saturated carbocycles. The number of hydrogen-bond acceptors (Lipinski definition) is 6. The molecule has 16 aromatic carbocycles. The molecular weight excluding hydrogens is 1500 g/mol. The fourth-order valence-corrected chi connectivity index (χ4v) is 20.8. The van der Waals surface area contributed by atoms with Gasteiger partial charge in [0.25, 0.3) is 13.4 Å². The van der Waals surface area contributed by atoms with Crippen LogP contribution in [-0.2, 0) is 28.1 Å². The number of rotatable bonds is 11. The second kappa shape index (κ2) is 28.3. The van der Waals surface area contributed by atoms with E-state index in [-0.39, 0.29) is 35.1 Å². The number of furan rings is 2. The van der Waals surface area contributed by atoms with E-state index >= 15 is 0 Å². The molecule has 602 valence electrons. The topological polar surface area (TPSA) is 39.2 Å². The summed E-state index contributed by atoms with van der Waals surface area (Å²) < 4.78 is 13.7. The van der Waals surface area contributed by atoms with Crippen LogP contribution in [0.2, 0.25) is 0 Å². The lowest BCUT2D eigenvalue weighted by molar-refractivity contribution is 0.523. The summed E-state index contributed by atoms with van der Waals surface area (Å²) in [6.07, 6.45) is 0.801. The maximum atomic E-state index is 7.10. The fraction of sp³-hybridized carbons (Fsp3) is 0.172. The molecule has 0 fully saturated rings. The predicted molar refractivity (Wildman–Crippen MR) is 529 cm³/mol. The van der Waals surface area contributed by atoms with Crippen LogP contribution in [0.4, 0.5) is 68.2 Å². The number of fused-ring (bicyclic) bond motifs is 14. The third kappa shape index (κ3) is 12.4. The zero-order valence-electron chi connectivity index (χ0n) is 73.6. The Labute approximate surface area is 729 Å². The van der Waals surface area contributed by atoms with Gasteiger partial charge in [0.15, 0.2) is 0 Å². The van der Waals surface area contributed by atoms with Crippen molar-refractivity contribution in [3.05, 3.63) is 372 Å². The molecule has 0 spiro atoms. The van der Waals surface area contributed by atoms with Gasteiger partial charge in [-0.1, -0.05) is 294 Å². The lowest BCUT2D eigenvalue weighted by Gasteiger charge is -2.45. The number of nitrogens with zero attached hydrogens (tertiary/aromatic N) is 4. The Morgan fingerprint density at radius 2 is 0.637 bits per heavy atom. The van der Waals surface area contributed by atoms with Crippen molar-refractivity contribution in [2.45, 2.75) is 132 Å². The van der Waals surface area contributed by atoms with E-state index in [2.05, 4.69) is 439 Å². The maximum absolute atomic E-state index is 7.10. The molecule has 4 aliphatic rings. The highest BCUT2D eigenvalue weighted by atomic mass is 16.3. The Hall–Kier alpha value is -13.6. The Balaban J connectivity index is 0.620. The average molecular weight is 1600 g/mol. The number of aryl methyl sites for hydroxylation is 4. The molecule has 0 amide bonds. The summed E-state index contributed by atoms with van der Waals surface area (Å²) in [5, 5.41) is 4.49. The first kappa shape index (κ1) is 76.6. The van der Waals surface area contributed by atoms with Crippen molar-refractivity contribution in [1.82, 2.24) is 0 Å². The van der Waals surface area contributed by atoms with Crippen LogP contribution in [0.25, 0.3) is 88.4 Å². The zero-order valence-corrected chi connectivity index (χ0v) is 73.6. The van der Waals surface area contributed by atoms with Gasteiger partial charge in [0.2, 0.25) is 0 Å². The molecule has 0 atom stereocenters. The number of hydrogen-bond donors (Lipinski definition) is 0. The number of anilines is 12. The van der Waals surface area contributed by atoms with E-state index in [1.54, 1.807) is 0 Å². The third-order valence-corrected chi connectivity index (χ3v) is 27.3. The first-order valence-electron chi connectivity index (χ1n) is 44.2. The molecule has 0 aliphatic carbocycles. The lowest BCUT2D eigenvalue weighted by atomic mass is 9.33. The summed E-state index contributed by atoms with van der Waals surface area (Å²) in [5.41, 5.74) is 45.3. The summed E-state index contributed by atoms with van der Waals surface area (Å²) in [5.74, 6) is 0. The van der Waals surface area contributed by atoms with E-state index in [1.165, 1.54) is 156 Å². The third-order valence-electron chi connectivity index (χ3n) is 27.3. The van der Waals surface area contributed by atoms with Crippen molar-refractivity contribution in [2.75, 3.05) is 19.6 Å². The molecule has 4 aliphatic heterocycles. The number of para-hydroxylation sites is 3. The Morgan fingerprint density at radius 3 is 1.15 bits per heavy atom. The molecule has 22 rings (SSSR count). The van der Waals surface area contributed by atoms with Crippen molar-refractivity contribution in [3.8, 4) is 44.5 Å². The van der Waals surface area contributed by atoms with E-state index in [0.29, 0.717) is 0 Å². The summed E-state index contributed by atoms with van der Waals surface area (Å²) >= 11 is 0. The Bertz CT molecular complexity index is 7440. The molecule has 0 saturated heterocycles. The molecule has 6 nitrogen and oxygen atoms in total. The highest BCUT2D eigenvalue weighted by Crippen LogP contribution is 2.54. The minimum Gasteiger partial charge on any atom is -0.455 e. The van der Waals surface area contributed by atoms with Crippen LogP contribution in [0, 0.1) is 27.7 Å². The van der Waals surface area contributed by atoms with Crippen LogP contribution in [-0.4, -0.2) is 13.4 Å². The maximum Gasteiger partial charge on any atom is 0.252 e. The monoisotopic (exact) mass is 1600 g/mol. The van der Waals surface area contributed by atoms with Gasteiger partial charge in [-0.15, -0.1) is 0 Å². The fourth-order valence-electron chi connectivity index (χ4n) is 20.8. The average Bonchev–Trinajstić information content (AvgIpc) is 0.952. The van der Waals surface area contributed by atoms with Gasteiger partial charge in [0, 0.05) is 101 Å². The molecule has 124 heavy (non-hydrogen) atoms. The van der Waals surface area contributed by atoms with Crippen molar-refractivity contribution in [2.24, 2.45) is 0 Å². The quantitative estimate of drug-likeness (QED) is 0.120. The van der Waals surface area contributed by atoms with Gasteiger partial charge in [-0.05, 0) is 265 Å². The molecular formula is C116H100B2N4O2.